The molecule has 0 heterocycles. The van der Waals surface area contributed by atoms with Crippen LogP contribution < -0.4 is 16.0 Å². The van der Waals surface area contributed by atoms with Gasteiger partial charge >= 0.3 is 6.36 Å². The molecule has 0 aliphatic heterocycles. The predicted octanol–water partition coefficient (Wildman–Crippen LogP) is 2.89. The normalized spacial score (nSPS) is 17.6. The van der Waals surface area contributed by atoms with Gasteiger partial charge in [0.2, 0.25) is 0 Å². The number of alkyl halides is 3. The molecule has 1 aromatic rings. The molecular formula is C12H15F3N2O. The minimum Gasteiger partial charge on any atom is -0.406 e. The zero-order valence-corrected chi connectivity index (χ0v) is 9.70. The number of nitrogens with one attached hydrogen (secondary N) is 1. The largest absolute Gasteiger partial charge is 0.573 e. The summed E-state index contributed by atoms with van der Waals surface area (Å²) in [5, 5.41) is 0. The van der Waals surface area contributed by atoms with Crippen LogP contribution in [0.15, 0.2) is 24.3 Å². The van der Waals surface area contributed by atoms with E-state index in [1.165, 1.54) is 25.0 Å². The zero-order chi connectivity index (χ0) is 13.2. The highest BCUT2D eigenvalue weighted by atomic mass is 19.4. The third-order valence-electron chi connectivity index (χ3n) is 2.98. The van der Waals surface area contributed by atoms with Gasteiger partial charge in [0.1, 0.15) is 5.75 Å². The highest BCUT2D eigenvalue weighted by Crippen LogP contribution is 2.37. The molecule has 2 rings (SSSR count). The van der Waals surface area contributed by atoms with Gasteiger partial charge in [0.05, 0.1) is 0 Å². The van der Waals surface area contributed by atoms with E-state index in [2.05, 4.69) is 10.2 Å². The Hall–Kier alpha value is -1.27. The third kappa shape index (κ3) is 3.89. The summed E-state index contributed by atoms with van der Waals surface area (Å²) < 4.78 is 39.8. The van der Waals surface area contributed by atoms with E-state index in [1.807, 2.05) is 0 Å². The summed E-state index contributed by atoms with van der Waals surface area (Å²) >= 11 is 0. The monoisotopic (exact) mass is 260 g/mol. The Labute approximate surface area is 103 Å². The minimum absolute atomic E-state index is 0.0163. The van der Waals surface area contributed by atoms with Gasteiger partial charge in [-0.2, -0.15) is 0 Å². The fourth-order valence-corrected chi connectivity index (χ4v) is 1.89. The molecule has 1 aliphatic carbocycles. The Morgan fingerprint density at radius 3 is 2.33 bits per heavy atom. The number of ether oxygens (including phenoxy) is 1. The fourth-order valence-electron chi connectivity index (χ4n) is 1.89. The van der Waals surface area contributed by atoms with Crippen molar-refractivity contribution >= 4 is 0 Å². The standard InChI is InChI=1S/C12H15F3N2O/c13-12(14,15)18-10-5-3-9(4-6-10)11(17-16)7-8-1-2-8/h3-6,8,11,17H,1-2,7,16H2. The van der Waals surface area contributed by atoms with Crippen LogP contribution in [0.1, 0.15) is 30.9 Å². The van der Waals surface area contributed by atoms with Crippen LogP contribution in [-0.2, 0) is 0 Å². The number of hydrazine groups is 1. The molecule has 18 heavy (non-hydrogen) atoms. The van der Waals surface area contributed by atoms with Crippen LogP contribution >= 0.6 is 0 Å². The topological polar surface area (TPSA) is 47.3 Å². The second-order valence-corrected chi connectivity index (χ2v) is 4.52. The molecule has 3 nitrogen and oxygen atoms in total. The maximum Gasteiger partial charge on any atom is 0.573 e. The summed E-state index contributed by atoms with van der Waals surface area (Å²) in [5.41, 5.74) is 3.57. The van der Waals surface area contributed by atoms with Crippen LogP contribution in [0.25, 0.3) is 0 Å². The molecule has 6 heteroatoms. The lowest BCUT2D eigenvalue weighted by atomic mass is 10.0. The molecule has 0 bridgehead atoms. The molecule has 1 aliphatic rings. The number of halogens is 3. The average molecular weight is 260 g/mol. The second-order valence-electron chi connectivity index (χ2n) is 4.52. The number of hydrogen-bond acceptors (Lipinski definition) is 3. The first-order valence-corrected chi connectivity index (χ1v) is 5.80. The molecule has 1 fully saturated rings. The molecule has 3 N–H and O–H groups in total. The van der Waals surface area contributed by atoms with Crippen molar-refractivity contribution in [3.05, 3.63) is 29.8 Å². The molecule has 1 aromatic carbocycles. The summed E-state index contributed by atoms with van der Waals surface area (Å²) in [5.74, 6) is 5.92. The highest BCUT2D eigenvalue weighted by molar-refractivity contribution is 5.29. The van der Waals surface area contributed by atoms with Crippen LogP contribution in [-0.4, -0.2) is 6.36 Å². The van der Waals surface area contributed by atoms with Gasteiger partial charge in [0, 0.05) is 6.04 Å². The van der Waals surface area contributed by atoms with Crippen molar-refractivity contribution < 1.29 is 17.9 Å². The van der Waals surface area contributed by atoms with Crippen LogP contribution in [0, 0.1) is 5.92 Å². The Morgan fingerprint density at radius 2 is 1.89 bits per heavy atom. The van der Waals surface area contributed by atoms with Gasteiger partial charge in [-0.05, 0) is 30.0 Å². The first-order valence-electron chi connectivity index (χ1n) is 5.80. The third-order valence-corrected chi connectivity index (χ3v) is 2.98. The number of benzene rings is 1. The Morgan fingerprint density at radius 1 is 1.28 bits per heavy atom. The van der Waals surface area contributed by atoms with Gasteiger partial charge in [-0.25, -0.2) is 0 Å². The van der Waals surface area contributed by atoms with Crippen molar-refractivity contribution in [2.24, 2.45) is 11.8 Å². The number of hydrogen-bond donors (Lipinski definition) is 2. The lowest BCUT2D eigenvalue weighted by Gasteiger charge is -2.16. The van der Waals surface area contributed by atoms with E-state index in [4.69, 9.17) is 5.84 Å². The first kappa shape index (κ1) is 13.2. The van der Waals surface area contributed by atoms with E-state index in [-0.39, 0.29) is 11.8 Å². The molecule has 0 saturated heterocycles. The summed E-state index contributed by atoms with van der Waals surface area (Å²) in [6.07, 6.45) is -1.34. The summed E-state index contributed by atoms with van der Waals surface area (Å²) in [4.78, 5) is 0. The summed E-state index contributed by atoms with van der Waals surface area (Å²) in [7, 11) is 0. The van der Waals surface area contributed by atoms with Crippen LogP contribution in [0.3, 0.4) is 0 Å². The Bertz CT molecular complexity index is 387. The Kier molecular flexibility index (Phi) is 3.77. The smallest absolute Gasteiger partial charge is 0.406 e. The Balaban J connectivity index is 2.00. The molecule has 0 aromatic heterocycles. The molecule has 0 spiro atoms. The van der Waals surface area contributed by atoms with E-state index in [0.717, 1.165) is 12.0 Å². The maximum absolute atomic E-state index is 12.0. The minimum atomic E-state index is -4.65. The second kappa shape index (κ2) is 5.16. The van der Waals surface area contributed by atoms with Gasteiger partial charge in [0.15, 0.2) is 0 Å². The summed E-state index contributed by atoms with van der Waals surface area (Å²) in [6, 6.07) is 5.81. The van der Waals surface area contributed by atoms with Crippen molar-refractivity contribution in [1.29, 1.82) is 0 Å². The van der Waals surface area contributed by atoms with Crippen LogP contribution in [0.2, 0.25) is 0 Å². The molecule has 1 atom stereocenters. The van der Waals surface area contributed by atoms with Gasteiger partial charge in [-0.1, -0.05) is 25.0 Å². The lowest BCUT2D eigenvalue weighted by Crippen LogP contribution is -2.28. The first-order chi connectivity index (χ1) is 8.48. The van der Waals surface area contributed by atoms with Gasteiger partial charge in [0.25, 0.3) is 0 Å². The van der Waals surface area contributed by atoms with Gasteiger partial charge in [-0.3, -0.25) is 11.3 Å². The molecule has 0 radical (unpaired) electrons. The van der Waals surface area contributed by atoms with Crippen molar-refractivity contribution in [2.75, 3.05) is 0 Å². The van der Waals surface area contributed by atoms with E-state index < -0.39 is 6.36 Å². The lowest BCUT2D eigenvalue weighted by molar-refractivity contribution is -0.274. The SMILES string of the molecule is NNC(CC1CC1)c1ccc(OC(F)(F)F)cc1. The van der Waals surface area contributed by atoms with Gasteiger partial charge < -0.3 is 4.74 Å². The summed E-state index contributed by atoms with van der Waals surface area (Å²) in [6.45, 7) is 0. The van der Waals surface area contributed by atoms with Crippen molar-refractivity contribution in [3.63, 3.8) is 0 Å². The number of nitrogens with two attached hydrogens (primary N) is 1. The fraction of sp³-hybridized carbons (Fsp3) is 0.500. The van der Waals surface area contributed by atoms with E-state index in [9.17, 15) is 13.2 Å². The molecular weight excluding hydrogens is 245 g/mol. The molecule has 100 valence electrons. The molecule has 0 amide bonds. The van der Waals surface area contributed by atoms with E-state index >= 15 is 0 Å². The quantitative estimate of drug-likeness (QED) is 0.632. The van der Waals surface area contributed by atoms with Crippen molar-refractivity contribution in [2.45, 2.75) is 31.7 Å². The van der Waals surface area contributed by atoms with E-state index in [0.29, 0.717) is 5.92 Å². The maximum atomic E-state index is 12.0. The highest BCUT2D eigenvalue weighted by Gasteiger charge is 2.31. The molecule has 1 saturated carbocycles. The predicted molar refractivity (Wildman–Crippen MR) is 60.5 cm³/mol. The number of rotatable bonds is 5. The zero-order valence-electron chi connectivity index (χ0n) is 9.70. The van der Waals surface area contributed by atoms with Crippen LogP contribution in [0.4, 0.5) is 13.2 Å². The molecule has 1 unspecified atom stereocenters. The van der Waals surface area contributed by atoms with E-state index in [1.54, 1.807) is 12.1 Å². The average Bonchev–Trinajstić information content (AvgIpc) is 3.09. The van der Waals surface area contributed by atoms with Crippen LogP contribution in [0.5, 0.6) is 5.75 Å². The van der Waals surface area contributed by atoms with Crippen molar-refractivity contribution in [1.82, 2.24) is 5.43 Å². The van der Waals surface area contributed by atoms with Crippen molar-refractivity contribution in [3.8, 4) is 5.75 Å². The van der Waals surface area contributed by atoms with Gasteiger partial charge in [-0.15, -0.1) is 13.2 Å².